The number of hydrogen-bond acceptors (Lipinski definition) is 4. The molecule has 0 saturated heterocycles. The quantitative estimate of drug-likeness (QED) is 0.753. The third-order valence-corrected chi connectivity index (χ3v) is 3.49. The second-order valence-electron chi connectivity index (χ2n) is 6.27. The van der Waals surface area contributed by atoms with Crippen molar-refractivity contribution < 1.29 is 19.4 Å². The monoisotopic (exact) mass is 342 g/mol. The van der Waals surface area contributed by atoms with E-state index >= 15 is 0 Å². The Bertz CT molecular complexity index is 729. The van der Waals surface area contributed by atoms with E-state index in [1.54, 1.807) is 26.0 Å². The maximum absolute atomic E-state index is 12.2. The number of phenolic OH excluding ortho intramolecular Hbond substituents is 1. The highest BCUT2D eigenvalue weighted by atomic mass is 16.5. The normalized spacial score (nSPS) is 10.8. The Labute approximate surface area is 146 Å². The van der Waals surface area contributed by atoms with E-state index in [0.717, 1.165) is 5.56 Å². The SMILES string of the molecule is CC(C)(CNC(=O)OCc1ccccc1)NC(=O)c1ccccc1O. The molecule has 0 spiro atoms. The molecule has 6 nitrogen and oxygen atoms in total. The molecule has 3 N–H and O–H groups in total. The molecule has 0 radical (unpaired) electrons. The summed E-state index contributed by atoms with van der Waals surface area (Å²) in [6.07, 6.45) is -0.561. The molecule has 2 aromatic carbocycles. The Kier molecular flexibility index (Phi) is 6.00. The second-order valence-corrected chi connectivity index (χ2v) is 6.27. The lowest BCUT2D eigenvalue weighted by Gasteiger charge is -2.26. The molecule has 2 amide bonds. The number of carbonyl (C=O) groups excluding carboxylic acids is 2. The lowest BCUT2D eigenvalue weighted by atomic mass is 10.0. The van der Waals surface area contributed by atoms with E-state index in [4.69, 9.17) is 4.74 Å². The summed E-state index contributed by atoms with van der Waals surface area (Å²) in [4.78, 5) is 24.0. The summed E-state index contributed by atoms with van der Waals surface area (Å²) in [5.74, 6) is -0.506. The van der Waals surface area contributed by atoms with Crippen LogP contribution in [0.5, 0.6) is 5.75 Å². The first kappa shape index (κ1) is 18.3. The van der Waals surface area contributed by atoms with Crippen LogP contribution in [0.15, 0.2) is 54.6 Å². The third kappa shape index (κ3) is 5.84. The van der Waals surface area contributed by atoms with Crippen LogP contribution < -0.4 is 10.6 Å². The molecule has 2 aromatic rings. The van der Waals surface area contributed by atoms with Crippen LogP contribution in [0.4, 0.5) is 4.79 Å². The van der Waals surface area contributed by atoms with Crippen LogP contribution >= 0.6 is 0 Å². The summed E-state index contributed by atoms with van der Waals surface area (Å²) in [7, 11) is 0. The first-order valence-corrected chi connectivity index (χ1v) is 7.92. The number of hydrogen-bond donors (Lipinski definition) is 3. The Morgan fingerprint density at radius 3 is 2.36 bits per heavy atom. The number of aromatic hydroxyl groups is 1. The zero-order valence-electron chi connectivity index (χ0n) is 14.3. The van der Waals surface area contributed by atoms with Crippen molar-refractivity contribution in [3.8, 4) is 5.75 Å². The topological polar surface area (TPSA) is 87.7 Å². The molecule has 0 heterocycles. The summed E-state index contributed by atoms with van der Waals surface area (Å²) < 4.78 is 5.13. The van der Waals surface area contributed by atoms with Gasteiger partial charge in [-0.25, -0.2) is 4.79 Å². The van der Waals surface area contributed by atoms with Crippen LogP contribution in [0.3, 0.4) is 0 Å². The number of carbonyl (C=O) groups is 2. The van der Waals surface area contributed by atoms with Gasteiger partial charge in [0.2, 0.25) is 0 Å². The maximum Gasteiger partial charge on any atom is 0.407 e. The van der Waals surface area contributed by atoms with Gasteiger partial charge in [-0.1, -0.05) is 42.5 Å². The molecule has 25 heavy (non-hydrogen) atoms. The van der Waals surface area contributed by atoms with Gasteiger partial charge in [0.05, 0.1) is 11.1 Å². The molecule has 0 aromatic heterocycles. The standard InChI is InChI=1S/C19H22N2O4/c1-19(2,21-17(23)15-10-6-7-11-16(15)22)13-20-18(24)25-12-14-8-4-3-5-9-14/h3-11,22H,12-13H2,1-2H3,(H,20,24)(H,21,23). The van der Waals surface area contributed by atoms with Gasteiger partial charge in [0.1, 0.15) is 12.4 Å². The summed E-state index contributed by atoms with van der Waals surface area (Å²) >= 11 is 0. The van der Waals surface area contributed by atoms with Crippen LogP contribution in [0.2, 0.25) is 0 Å². The number of para-hydroxylation sites is 1. The van der Waals surface area contributed by atoms with E-state index in [0.29, 0.717) is 0 Å². The average Bonchev–Trinajstić information content (AvgIpc) is 2.59. The Morgan fingerprint density at radius 1 is 1.04 bits per heavy atom. The van der Waals surface area contributed by atoms with Crippen molar-refractivity contribution >= 4 is 12.0 Å². The molecule has 0 bridgehead atoms. The van der Waals surface area contributed by atoms with E-state index in [2.05, 4.69) is 10.6 Å². The molecule has 2 rings (SSSR count). The number of rotatable bonds is 6. The molecule has 0 atom stereocenters. The van der Waals surface area contributed by atoms with Crippen molar-refractivity contribution in [3.05, 3.63) is 65.7 Å². The van der Waals surface area contributed by atoms with E-state index in [1.807, 2.05) is 30.3 Å². The third-order valence-electron chi connectivity index (χ3n) is 3.49. The van der Waals surface area contributed by atoms with Gasteiger partial charge in [-0.05, 0) is 31.5 Å². The van der Waals surface area contributed by atoms with Crippen LogP contribution in [0.1, 0.15) is 29.8 Å². The molecule has 0 fully saturated rings. The second kappa shape index (κ2) is 8.19. The number of phenols is 1. The predicted octanol–water partition coefficient (Wildman–Crippen LogP) is 2.83. The van der Waals surface area contributed by atoms with E-state index < -0.39 is 17.5 Å². The summed E-state index contributed by atoms with van der Waals surface area (Å²) in [5, 5.41) is 15.1. The van der Waals surface area contributed by atoms with Crippen LogP contribution in [-0.4, -0.2) is 29.2 Å². The highest BCUT2D eigenvalue weighted by Gasteiger charge is 2.23. The summed E-state index contributed by atoms with van der Waals surface area (Å²) in [5.41, 5.74) is 0.359. The van der Waals surface area contributed by atoms with Crippen LogP contribution in [0, 0.1) is 0 Å². The van der Waals surface area contributed by atoms with Gasteiger partial charge in [-0.15, -0.1) is 0 Å². The van der Waals surface area contributed by atoms with Crippen molar-refractivity contribution in [2.75, 3.05) is 6.54 Å². The fourth-order valence-electron chi connectivity index (χ4n) is 2.15. The van der Waals surface area contributed by atoms with E-state index in [9.17, 15) is 14.7 Å². The van der Waals surface area contributed by atoms with Gasteiger partial charge in [-0.2, -0.15) is 0 Å². The van der Waals surface area contributed by atoms with Crippen molar-refractivity contribution in [1.29, 1.82) is 0 Å². The predicted molar refractivity (Wildman–Crippen MR) is 94.3 cm³/mol. The van der Waals surface area contributed by atoms with Crippen molar-refractivity contribution in [2.45, 2.75) is 26.0 Å². The molecule has 0 saturated carbocycles. The molecule has 0 aliphatic heterocycles. The molecule has 132 valence electrons. The molecular formula is C19H22N2O4. The minimum atomic E-state index is -0.717. The van der Waals surface area contributed by atoms with Crippen LogP contribution in [-0.2, 0) is 11.3 Å². The van der Waals surface area contributed by atoms with Gasteiger partial charge >= 0.3 is 6.09 Å². The van der Waals surface area contributed by atoms with Crippen LogP contribution in [0.25, 0.3) is 0 Å². The lowest BCUT2D eigenvalue weighted by molar-refractivity contribution is 0.0903. The number of amides is 2. The average molecular weight is 342 g/mol. The van der Waals surface area contributed by atoms with Gasteiger partial charge in [0.25, 0.3) is 5.91 Å². The Balaban J connectivity index is 1.81. The smallest absolute Gasteiger partial charge is 0.407 e. The molecule has 0 aliphatic rings. The molecule has 6 heteroatoms. The zero-order chi connectivity index (χ0) is 18.3. The fourth-order valence-corrected chi connectivity index (χ4v) is 2.15. The minimum Gasteiger partial charge on any atom is -0.507 e. The highest BCUT2D eigenvalue weighted by Crippen LogP contribution is 2.16. The maximum atomic E-state index is 12.2. The number of ether oxygens (including phenoxy) is 1. The summed E-state index contributed by atoms with van der Waals surface area (Å²) in [6, 6.07) is 15.6. The van der Waals surface area contributed by atoms with E-state index in [-0.39, 0.29) is 24.5 Å². The van der Waals surface area contributed by atoms with Crippen molar-refractivity contribution in [2.24, 2.45) is 0 Å². The van der Waals surface area contributed by atoms with Gasteiger partial charge in [-0.3, -0.25) is 4.79 Å². The van der Waals surface area contributed by atoms with Gasteiger partial charge in [0.15, 0.2) is 0 Å². The first-order valence-electron chi connectivity index (χ1n) is 7.92. The molecule has 0 unspecified atom stereocenters. The first-order chi connectivity index (χ1) is 11.9. The largest absolute Gasteiger partial charge is 0.507 e. The fraction of sp³-hybridized carbons (Fsp3) is 0.263. The number of alkyl carbamates (subject to hydrolysis) is 1. The van der Waals surface area contributed by atoms with Crippen molar-refractivity contribution in [1.82, 2.24) is 10.6 Å². The number of nitrogens with one attached hydrogen (secondary N) is 2. The van der Waals surface area contributed by atoms with Gasteiger partial charge in [0, 0.05) is 6.54 Å². The van der Waals surface area contributed by atoms with Crippen molar-refractivity contribution in [3.63, 3.8) is 0 Å². The highest BCUT2D eigenvalue weighted by molar-refractivity contribution is 5.97. The Hall–Kier alpha value is -3.02. The number of benzene rings is 2. The zero-order valence-corrected chi connectivity index (χ0v) is 14.3. The Morgan fingerprint density at radius 2 is 1.68 bits per heavy atom. The minimum absolute atomic E-state index is 0.0916. The van der Waals surface area contributed by atoms with Gasteiger partial charge < -0.3 is 20.5 Å². The van der Waals surface area contributed by atoms with E-state index in [1.165, 1.54) is 12.1 Å². The summed E-state index contributed by atoms with van der Waals surface area (Å²) in [6.45, 7) is 3.89. The molecule has 0 aliphatic carbocycles. The molecular weight excluding hydrogens is 320 g/mol. The lowest BCUT2D eigenvalue weighted by Crippen LogP contribution is -2.51.